The van der Waals surface area contributed by atoms with Crippen LogP contribution < -0.4 is 10.1 Å². The third-order valence-corrected chi connectivity index (χ3v) is 5.21. The number of thiazole rings is 1. The number of carbonyl (C=O) groups is 2. The van der Waals surface area contributed by atoms with E-state index in [2.05, 4.69) is 10.3 Å². The Morgan fingerprint density at radius 2 is 1.82 bits per heavy atom. The Kier molecular flexibility index (Phi) is 6.55. The summed E-state index contributed by atoms with van der Waals surface area (Å²) in [6.07, 6.45) is 0.462. The van der Waals surface area contributed by atoms with Gasteiger partial charge in [-0.3, -0.25) is 9.59 Å². The third kappa shape index (κ3) is 5.50. The highest BCUT2D eigenvalue weighted by molar-refractivity contribution is 7.13. The highest BCUT2D eigenvalue weighted by Crippen LogP contribution is 2.25. The van der Waals surface area contributed by atoms with Gasteiger partial charge in [0.15, 0.2) is 12.4 Å². The smallest absolute Gasteiger partial charge is 0.258 e. The molecule has 3 aromatic rings. The van der Waals surface area contributed by atoms with Crippen molar-refractivity contribution in [1.82, 2.24) is 10.3 Å². The van der Waals surface area contributed by atoms with E-state index in [1.54, 1.807) is 11.3 Å². The van der Waals surface area contributed by atoms with Crippen molar-refractivity contribution in [3.63, 3.8) is 0 Å². The van der Waals surface area contributed by atoms with Crippen LogP contribution in [0.3, 0.4) is 0 Å². The van der Waals surface area contributed by atoms with Gasteiger partial charge in [-0.1, -0.05) is 30.3 Å². The van der Waals surface area contributed by atoms with Gasteiger partial charge >= 0.3 is 0 Å². The number of rotatable bonds is 8. The molecule has 28 heavy (non-hydrogen) atoms. The van der Waals surface area contributed by atoms with Gasteiger partial charge in [0.2, 0.25) is 0 Å². The summed E-state index contributed by atoms with van der Waals surface area (Å²) in [6, 6.07) is 16.5. The number of aromatic nitrogens is 1. The molecule has 0 spiro atoms. The molecular formula is C22H22N2O3S. The molecule has 6 heteroatoms. The maximum Gasteiger partial charge on any atom is 0.258 e. The number of ketones is 1. The second-order valence-electron chi connectivity index (χ2n) is 6.53. The second kappa shape index (κ2) is 9.28. The van der Waals surface area contributed by atoms with Crippen molar-refractivity contribution in [3.05, 3.63) is 71.2 Å². The number of aryl methyl sites for hydroxylation is 1. The van der Waals surface area contributed by atoms with E-state index in [0.717, 1.165) is 21.8 Å². The van der Waals surface area contributed by atoms with Crippen LogP contribution in [0, 0.1) is 6.92 Å². The Balaban J connectivity index is 1.53. The molecule has 1 atom stereocenters. The van der Waals surface area contributed by atoms with Gasteiger partial charge in [0.1, 0.15) is 10.8 Å². The van der Waals surface area contributed by atoms with E-state index in [9.17, 15) is 9.59 Å². The molecule has 0 fully saturated rings. The number of nitrogens with zero attached hydrogens (tertiary/aromatic N) is 1. The Morgan fingerprint density at radius 3 is 2.43 bits per heavy atom. The predicted molar refractivity (Wildman–Crippen MR) is 111 cm³/mol. The molecule has 0 aliphatic heterocycles. The lowest BCUT2D eigenvalue weighted by atomic mass is 10.0. The van der Waals surface area contributed by atoms with E-state index in [1.807, 2.05) is 66.9 Å². The van der Waals surface area contributed by atoms with E-state index < -0.39 is 6.04 Å². The molecule has 1 aromatic heterocycles. The Hall–Kier alpha value is -2.99. The third-order valence-electron chi connectivity index (χ3n) is 4.20. The fraction of sp³-hybridized carbons (Fsp3) is 0.227. The van der Waals surface area contributed by atoms with E-state index in [4.69, 9.17) is 4.74 Å². The lowest BCUT2D eigenvalue weighted by Crippen LogP contribution is -2.43. The summed E-state index contributed by atoms with van der Waals surface area (Å²) < 4.78 is 5.55. The summed E-state index contributed by atoms with van der Waals surface area (Å²) in [6.45, 7) is 3.30. The molecule has 1 N–H and O–H groups in total. The van der Waals surface area contributed by atoms with Gasteiger partial charge in [-0.25, -0.2) is 4.98 Å². The number of nitrogens with one attached hydrogen (secondary N) is 1. The monoisotopic (exact) mass is 394 g/mol. The first-order chi connectivity index (χ1) is 13.5. The van der Waals surface area contributed by atoms with Gasteiger partial charge < -0.3 is 10.1 Å². The molecule has 0 aliphatic carbocycles. The molecule has 0 saturated carbocycles. The standard InChI is InChI=1S/C22H22N2O3S/c1-15-14-28-22(23-15)18-8-10-19(11-9-18)27-13-21(26)24-20(16(2)25)12-17-6-4-3-5-7-17/h3-11,14,20H,12-13H2,1-2H3,(H,24,26)/t20-/m1/s1. The van der Waals surface area contributed by atoms with Gasteiger partial charge in [-0.15, -0.1) is 11.3 Å². The van der Waals surface area contributed by atoms with Crippen molar-refractivity contribution >= 4 is 23.0 Å². The minimum Gasteiger partial charge on any atom is -0.484 e. The summed E-state index contributed by atoms with van der Waals surface area (Å²) in [4.78, 5) is 28.5. The molecule has 3 rings (SSSR count). The van der Waals surface area contributed by atoms with Gasteiger partial charge in [0, 0.05) is 16.6 Å². The SMILES string of the molecule is CC(=O)[C@@H](Cc1ccccc1)NC(=O)COc1ccc(-c2nc(C)cs2)cc1. The van der Waals surface area contributed by atoms with Crippen LogP contribution >= 0.6 is 11.3 Å². The quantitative estimate of drug-likeness (QED) is 0.631. The predicted octanol–water partition coefficient (Wildman–Crippen LogP) is 3.81. The van der Waals surface area contributed by atoms with Crippen molar-refractivity contribution in [3.8, 4) is 16.3 Å². The lowest BCUT2D eigenvalue weighted by molar-refractivity contribution is -0.128. The maximum absolute atomic E-state index is 12.2. The van der Waals surface area contributed by atoms with Gasteiger partial charge in [-0.05, 0) is 50.1 Å². The van der Waals surface area contributed by atoms with Crippen LogP contribution in [-0.2, 0) is 16.0 Å². The Morgan fingerprint density at radius 1 is 1.11 bits per heavy atom. The topological polar surface area (TPSA) is 68.3 Å². The minimum absolute atomic E-state index is 0.0831. The van der Waals surface area contributed by atoms with Crippen LogP contribution in [0.1, 0.15) is 18.2 Å². The van der Waals surface area contributed by atoms with Gasteiger partial charge in [-0.2, -0.15) is 0 Å². The molecule has 0 aliphatic rings. The molecular weight excluding hydrogens is 372 g/mol. The average molecular weight is 394 g/mol. The van der Waals surface area contributed by atoms with E-state index >= 15 is 0 Å². The molecule has 1 heterocycles. The van der Waals surface area contributed by atoms with Crippen LogP contribution in [-0.4, -0.2) is 29.3 Å². The van der Waals surface area contributed by atoms with Crippen LogP contribution in [0.5, 0.6) is 5.75 Å². The number of ether oxygens (including phenoxy) is 1. The van der Waals surface area contributed by atoms with Gasteiger partial charge in [0.25, 0.3) is 5.91 Å². The van der Waals surface area contributed by atoms with Crippen LogP contribution in [0.4, 0.5) is 0 Å². The molecule has 1 amide bonds. The zero-order valence-electron chi connectivity index (χ0n) is 15.8. The summed E-state index contributed by atoms with van der Waals surface area (Å²) in [7, 11) is 0. The normalized spacial score (nSPS) is 11.6. The first-order valence-electron chi connectivity index (χ1n) is 9.00. The molecule has 0 bridgehead atoms. The van der Waals surface area contributed by atoms with Gasteiger partial charge in [0.05, 0.1) is 6.04 Å². The van der Waals surface area contributed by atoms with Crippen LogP contribution in [0.25, 0.3) is 10.6 Å². The highest BCUT2D eigenvalue weighted by atomic mass is 32.1. The fourth-order valence-corrected chi connectivity index (χ4v) is 3.52. The van der Waals surface area contributed by atoms with Crippen LogP contribution in [0.2, 0.25) is 0 Å². The Labute approximate surface area is 168 Å². The van der Waals surface area contributed by atoms with E-state index in [0.29, 0.717) is 12.2 Å². The van der Waals surface area contributed by atoms with Crippen molar-refractivity contribution in [2.24, 2.45) is 0 Å². The van der Waals surface area contributed by atoms with E-state index in [-0.39, 0.29) is 18.3 Å². The largest absolute Gasteiger partial charge is 0.484 e. The first-order valence-corrected chi connectivity index (χ1v) is 9.88. The summed E-state index contributed by atoms with van der Waals surface area (Å²) in [5.41, 5.74) is 3.00. The van der Waals surface area contributed by atoms with Crippen molar-refractivity contribution in [1.29, 1.82) is 0 Å². The molecule has 144 valence electrons. The minimum atomic E-state index is -0.561. The zero-order valence-corrected chi connectivity index (χ0v) is 16.7. The van der Waals surface area contributed by atoms with E-state index in [1.165, 1.54) is 6.92 Å². The molecule has 0 radical (unpaired) electrons. The first kappa shape index (κ1) is 19.8. The lowest BCUT2D eigenvalue weighted by Gasteiger charge is -2.16. The number of hydrogen-bond acceptors (Lipinski definition) is 5. The fourth-order valence-electron chi connectivity index (χ4n) is 2.71. The molecule has 0 saturated heterocycles. The number of carbonyl (C=O) groups excluding carboxylic acids is 2. The van der Waals surface area contributed by atoms with Crippen molar-refractivity contribution in [2.75, 3.05) is 6.61 Å². The summed E-state index contributed by atoms with van der Waals surface area (Å²) in [5, 5.41) is 5.71. The number of benzene rings is 2. The molecule has 0 unspecified atom stereocenters. The van der Waals surface area contributed by atoms with Crippen LogP contribution in [0.15, 0.2) is 60.0 Å². The second-order valence-corrected chi connectivity index (χ2v) is 7.39. The molecule has 2 aromatic carbocycles. The van der Waals surface area contributed by atoms with Crippen molar-refractivity contribution < 1.29 is 14.3 Å². The zero-order chi connectivity index (χ0) is 19.9. The Bertz CT molecular complexity index is 936. The average Bonchev–Trinajstić information content (AvgIpc) is 3.13. The number of Topliss-reactive ketones (excluding diaryl/α,β-unsaturated/α-hetero) is 1. The summed E-state index contributed by atoms with van der Waals surface area (Å²) in [5.74, 6) is 0.186. The maximum atomic E-state index is 12.2. The van der Waals surface area contributed by atoms with Crippen molar-refractivity contribution in [2.45, 2.75) is 26.3 Å². The molecule has 5 nitrogen and oxygen atoms in total. The highest BCUT2D eigenvalue weighted by Gasteiger charge is 2.18. The number of amides is 1. The summed E-state index contributed by atoms with van der Waals surface area (Å²) >= 11 is 1.59. The number of hydrogen-bond donors (Lipinski definition) is 1.